The SMILES string of the molecule is CCOc1ccc([C@@H]2C(=C(O)c3ccc(OCc4ccccc4)c(C)c3)C(=O)C(=O)N2CCCN2CCOCC2)cc1. The molecule has 0 aliphatic carbocycles. The Kier molecular flexibility index (Phi) is 9.56. The van der Waals surface area contributed by atoms with Crippen molar-refractivity contribution in [3.8, 4) is 11.5 Å². The molecule has 0 radical (unpaired) electrons. The summed E-state index contributed by atoms with van der Waals surface area (Å²) in [5, 5.41) is 11.5. The molecule has 3 aromatic rings. The molecule has 3 aromatic carbocycles. The monoisotopic (exact) mass is 570 g/mol. The Hall–Kier alpha value is -4.14. The van der Waals surface area contributed by atoms with E-state index in [9.17, 15) is 14.7 Å². The Labute approximate surface area is 247 Å². The number of hydrogen-bond donors (Lipinski definition) is 1. The van der Waals surface area contributed by atoms with Crippen LogP contribution in [0.5, 0.6) is 11.5 Å². The summed E-state index contributed by atoms with van der Waals surface area (Å²) in [6.07, 6.45) is 0.702. The molecule has 2 aliphatic rings. The molecular formula is C34H38N2O6. The van der Waals surface area contributed by atoms with Crippen LogP contribution in [0.15, 0.2) is 78.4 Å². The number of carbonyl (C=O) groups is 2. The number of ether oxygens (including phenoxy) is 3. The highest BCUT2D eigenvalue weighted by Gasteiger charge is 2.45. The van der Waals surface area contributed by atoms with Crippen LogP contribution in [0, 0.1) is 6.92 Å². The van der Waals surface area contributed by atoms with Crippen molar-refractivity contribution in [2.75, 3.05) is 46.0 Å². The summed E-state index contributed by atoms with van der Waals surface area (Å²) < 4.78 is 17.0. The first-order valence-electron chi connectivity index (χ1n) is 14.5. The van der Waals surface area contributed by atoms with Gasteiger partial charge in [-0.3, -0.25) is 14.5 Å². The fourth-order valence-electron chi connectivity index (χ4n) is 5.51. The van der Waals surface area contributed by atoms with Crippen molar-refractivity contribution in [3.63, 3.8) is 0 Å². The molecule has 2 aliphatic heterocycles. The number of likely N-dealkylation sites (tertiary alicyclic amines) is 1. The first-order chi connectivity index (χ1) is 20.5. The second-order valence-corrected chi connectivity index (χ2v) is 10.6. The molecule has 0 spiro atoms. The van der Waals surface area contributed by atoms with Crippen molar-refractivity contribution in [1.82, 2.24) is 9.80 Å². The number of aliphatic hydroxyl groups excluding tert-OH is 1. The number of ketones is 1. The fraction of sp³-hybridized carbons (Fsp3) is 0.353. The molecule has 0 bridgehead atoms. The maximum atomic E-state index is 13.5. The van der Waals surface area contributed by atoms with Crippen LogP contribution < -0.4 is 9.47 Å². The van der Waals surface area contributed by atoms with Crippen LogP contribution in [0.3, 0.4) is 0 Å². The highest BCUT2D eigenvalue weighted by atomic mass is 16.5. The number of rotatable bonds is 11. The molecule has 220 valence electrons. The van der Waals surface area contributed by atoms with Gasteiger partial charge in [-0.25, -0.2) is 0 Å². The number of hydrogen-bond acceptors (Lipinski definition) is 7. The first-order valence-corrected chi connectivity index (χ1v) is 14.5. The lowest BCUT2D eigenvalue weighted by Gasteiger charge is -2.29. The van der Waals surface area contributed by atoms with Crippen LogP contribution in [-0.4, -0.2) is 72.6 Å². The van der Waals surface area contributed by atoms with Gasteiger partial charge < -0.3 is 24.2 Å². The van der Waals surface area contributed by atoms with Gasteiger partial charge in [0, 0.05) is 31.7 Å². The number of aliphatic hydroxyl groups is 1. The molecule has 2 heterocycles. The highest BCUT2D eigenvalue weighted by Crippen LogP contribution is 2.40. The molecule has 8 nitrogen and oxygen atoms in total. The zero-order chi connectivity index (χ0) is 29.5. The predicted octanol–water partition coefficient (Wildman–Crippen LogP) is 5.12. The third-order valence-corrected chi connectivity index (χ3v) is 7.71. The lowest BCUT2D eigenvalue weighted by atomic mass is 9.94. The second kappa shape index (κ2) is 13.7. The van der Waals surface area contributed by atoms with Crippen molar-refractivity contribution in [2.24, 2.45) is 0 Å². The Morgan fingerprint density at radius 3 is 2.38 bits per heavy atom. The van der Waals surface area contributed by atoms with E-state index in [1.807, 2.05) is 68.4 Å². The van der Waals surface area contributed by atoms with Gasteiger partial charge in [0.1, 0.15) is 23.9 Å². The minimum Gasteiger partial charge on any atom is -0.507 e. The van der Waals surface area contributed by atoms with E-state index in [4.69, 9.17) is 14.2 Å². The second-order valence-electron chi connectivity index (χ2n) is 10.6. The summed E-state index contributed by atoms with van der Waals surface area (Å²) in [5.41, 5.74) is 3.15. The van der Waals surface area contributed by atoms with Crippen molar-refractivity contribution < 1.29 is 28.9 Å². The molecule has 1 atom stereocenters. The Morgan fingerprint density at radius 2 is 1.69 bits per heavy atom. The third kappa shape index (κ3) is 6.66. The Balaban J connectivity index is 1.42. The standard InChI is InChI=1S/C34H38N2O6/c1-3-41-28-13-10-26(11-14-28)31-30(33(38)34(39)36(31)17-7-16-35-18-20-40-21-19-35)32(37)27-12-15-29(24(2)22-27)42-23-25-8-5-4-6-9-25/h4-6,8-15,22,31,37H,3,7,16-21,23H2,1-2H3/t31-/m1/s1. The van der Waals surface area contributed by atoms with E-state index in [0.717, 1.165) is 36.3 Å². The molecule has 1 N–H and O–H groups in total. The topological polar surface area (TPSA) is 88.5 Å². The molecular weight excluding hydrogens is 532 g/mol. The number of benzene rings is 3. The lowest BCUT2D eigenvalue weighted by molar-refractivity contribution is -0.140. The highest BCUT2D eigenvalue weighted by molar-refractivity contribution is 6.46. The number of Topliss-reactive ketones (excluding diaryl/α,β-unsaturated/α-hetero) is 1. The van der Waals surface area contributed by atoms with Crippen LogP contribution in [0.4, 0.5) is 0 Å². The number of amides is 1. The normalized spacial score (nSPS) is 18.8. The smallest absolute Gasteiger partial charge is 0.295 e. The maximum absolute atomic E-state index is 13.5. The predicted molar refractivity (Wildman–Crippen MR) is 160 cm³/mol. The van der Waals surface area contributed by atoms with Gasteiger partial charge >= 0.3 is 0 Å². The van der Waals surface area contributed by atoms with E-state index >= 15 is 0 Å². The van der Waals surface area contributed by atoms with Crippen molar-refractivity contribution in [1.29, 1.82) is 0 Å². The van der Waals surface area contributed by atoms with E-state index in [2.05, 4.69) is 4.90 Å². The van der Waals surface area contributed by atoms with Gasteiger partial charge in [0.15, 0.2) is 0 Å². The molecule has 2 fully saturated rings. The molecule has 2 saturated heterocycles. The third-order valence-electron chi connectivity index (χ3n) is 7.71. The molecule has 1 amide bonds. The summed E-state index contributed by atoms with van der Waals surface area (Å²) in [6.45, 7) is 9.05. The van der Waals surface area contributed by atoms with Crippen molar-refractivity contribution in [3.05, 3.63) is 101 Å². The van der Waals surface area contributed by atoms with Crippen LogP contribution in [0.25, 0.3) is 5.76 Å². The summed E-state index contributed by atoms with van der Waals surface area (Å²) >= 11 is 0. The summed E-state index contributed by atoms with van der Waals surface area (Å²) in [4.78, 5) is 30.7. The van der Waals surface area contributed by atoms with Crippen LogP contribution in [0.1, 0.15) is 41.6 Å². The zero-order valence-electron chi connectivity index (χ0n) is 24.3. The van der Waals surface area contributed by atoms with Crippen molar-refractivity contribution >= 4 is 17.4 Å². The van der Waals surface area contributed by atoms with Gasteiger partial charge in [0.05, 0.1) is 31.4 Å². The molecule has 42 heavy (non-hydrogen) atoms. The van der Waals surface area contributed by atoms with Gasteiger partial charge in [0.2, 0.25) is 0 Å². The molecule has 8 heteroatoms. The van der Waals surface area contributed by atoms with E-state index < -0.39 is 17.7 Å². The molecule has 0 saturated carbocycles. The number of carbonyl (C=O) groups excluding carboxylic acids is 2. The quantitative estimate of drug-likeness (QED) is 0.195. The number of morpholine rings is 1. The fourth-order valence-corrected chi connectivity index (χ4v) is 5.51. The number of aryl methyl sites for hydroxylation is 1. The van der Waals surface area contributed by atoms with E-state index in [-0.39, 0.29) is 11.3 Å². The zero-order valence-corrected chi connectivity index (χ0v) is 24.3. The summed E-state index contributed by atoms with van der Waals surface area (Å²) in [6, 6.07) is 21.8. The van der Waals surface area contributed by atoms with Crippen LogP contribution in [-0.2, 0) is 20.9 Å². The Morgan fingerprint density at radius 1 is 0.952 bits per heavy atom. The molecule has 5 rings (SSSR count). The number of nitrogens with zero attached hydrogens (tertiary/aromatic N) is 2. The Bertz CT molecular complexity index is 1410. The van der Waals surface area contributed by atoms with Crippen LogP contribution >= 0.6 is 0 Å². The minimum absolute atomic E-state index is 0.0906. The summed E-state index contributed by atoms with van der Waals surface area (Å²) in [7, 11) is 0. The molecule has 0 unspecified atom stereocenters. The van der Waals surface area contributed by atoms with Gasteiger partial charge in [-0.1, -0.05) is 42.5 Å². The lowest BCUT2D eigenvalue weighted by Crippen LogP contribution is -2.38. The van der Waals surface area contributed by atoms with E-state index in [1.165, 1.54) is 0 Å². The maximum Gasteiger partial charge on any atom is 0.295 e. The molecule has 0 aromatic heterocycles. The summed E-state index contributed by atoms with van der Waals surface area (Å²) in [5.74, 6) is -0.0911. The average molecular weight is 571 g/mol. The van der Waals surface area contributed by atoms with Gasteiger partial charge in [-0.05, 0) is 67.3 Å². The van der Waals surface area contributed by atoms with E-state index in [0.29, 0.717) is 56.5 Å². The first kappa shape index (κ1) is 29.4. The minimum atomic E-state index is -0.709. The van der Waals surface area contributed by atoms with Crippen LogP contribution in [0.2, 0.25) is 0 Å². The van der Waals surface area contributed by atoms with Gasteiger partial charge in [-0.2, -0.15) is 0 Å². The van der Waals surface area contributed by atoms with Gasteiger partial charge in [0.25, 0.3) is 11.7 Å². The van der Waals surface area contributed by atoms with E-state index in [1.54, 1.807) is 23.1 Å². The van der Waals surface area contributed by atoms with Gasteiger partial charge in [-0.15, -0.1) is 0 Å². The average Bonchev–Trinajstić information content (AvgIpc) is 3.27. The largest absolute Gasteiger partial charge is 0.507 e. The van der Waals surface area contributed by atoms with Crippen molar-refractivity contribution in [2.45, 2.75) is 32.9 Å².